The van der Waals surface area contributed by atoms with E-state index in [1.54, 1.807) is 0 Å². The van der Waals surface area contributed by atoms with E-state index in [4.69, 9.17) is 4.74 Å². The molecule has 1 heterocycles. The van der Waals surface area contributed by atoms with Crippen molar-refractivity contribution in [2.75, 3.05) is 20.3 Å². The van der Waals surface area contributed by atoms with Gasteiger partial charge in [-0.3, -0.25) is 4.79 Å². The first kappa shape index (κ1) is 9.68. The molecule has 0 aromatic rings. The Morgan fingerprint density at radius 1 is 1.50 bits per heavy atom. The molecule has 2 unspecified atom stereocenters. The fourth-order valence-electron chi connectivity index (χ4n) is 1.55. The molecule has 0 aliphatic carbocycles. The van der Waals surface area contributed by atoms with Crippen molar-refractivity contribution in [3.05, 3.63) is 0 Å². The molecular weight excluding hydrogens is 154 g/mol. The monoisotopic (exact) mass is 171 g/mol. The zero-order chi connectivity index (χ0) is 9.14. The predicted molar refractivity (Wildman–Crippen MR) is 47.0 cm³/mol. The van der Waals surface area contributed by atoms with Gasteiger partial charge in [0.1, 0.15) is 5.78 Å². The van der Waals surface area contributed by atoms with E-state index in [0.29, 0.717) is 19.0 Å². The van der Waals surface area contributed by atoms with Gasteiger partial charge in [0.2, 0.25) is 0 Å². The lowest BCUT2D eigenvalue weighted by molar-refractivity contribution is -0.126. The molecule has 0 saturated carbocycles. The minimum absolute atomic E-state index is 0.0648. The molecule has 3 heteroatoms. The van der Waals surface area contributed by atoms with Gasteiger partial charge in [-0.1, -0.05) is 13.8 Å². The number of carbonyl (C=O) groups is 1. The van der Waals surface area contributed by atoms with Crippen molar-refractivity contribution in [1.29, 1.82) is 0 Å². The molecule has 0 bridgehead atoms. The highest BCUT2D eigenvalue weighted by Crippen LogP contribution is 2.17. The molecule has 12 heavy (non-hydrogen) atoms. The maximum absolute atomic E-state index is 11.6. The van der Waals surface area contributed by atoms with Crippen LogP contribution >= 0.6 is 0 Å². The third kappa shape index (κ3) is 1.84. The van der Waals surface area contributed by atoms with Gasteiger partial charge in [0.25, 0.3) is 0 Å². The summed E-state index contributed by atoms with van der Waals surface area (Å²) >= 11 is 0. The van der Waals surface area contributed by atoms with Crippen LogP contribution in [0.5, 0.6) is 0 Å². The van der Waals surface area contributed by atoms with Crippen LogP contribution in [0.15, 0.2) is 0 Å². The number of ether oxygens (including phenoxy) is 1. The molecule has 0 radical (unpaired) electrons. The number of ketones is 1. The van der Waals surface area contributed by atoms with Crippen LogP contribution in [0, 0.1) is 11.8 Å². The molecule has 0 aromatic carbocycles. The smallest absolute Gasteiger partial charge is 0.142 e. The summed E-state index contributed by atoms with van der Waals surface area (Å²) < 4.78 is 5.25. The Balaban J connectivity index is 2.55. The predicted octanol–water partition coefficient (Wildman–Crippen LogP) is 0.446. The second-order valence-electron chi connectivity index (χ2n) is 3.60. The van der Waals surface area contributed by atoms with Crippen molar-refractivity contribution in [3.63, 3.8) is 0 Å². The maximum atomic E-state index is 11.6. The van der Waals surface area contributed by atoms with Crippen LogP contribution in [-0.4, -0.2) is 32.1 Å². The zero-order valence-corrected chi connectivity index (χ0v) is 7.96. The molecule has 0 aromatic heterocycles. The Morgan fingerprint density at radius 3 is 2.67 bits per heavy atom. The van der Waals surface area contributed by atoms with Crippen molar-refractivity contribution in [1.82, 2.24) is 5.32 Å². The molecular formula is C9H17NO2. The van der Waals surface area contributed by atoms with Crippen LogP contribution in [0.3, 0.4) is 0 Å². The number of hydrogen-bond acceptors (Lipinski definition) is 3. The van der Waals surface area contributed by atoms with Gasteiger partial charge in [-0.15, -0.1) is 0 Å². The van der Waals surface area contributed by atoms with Crippen LogP contribution in [0.1, 0.15) is 13.8 Å². The van der Waals surface area contributed by atoms with Crippen molar-refractivity contribution in [2.24, 2.45) is 11.8 Å². The van der Waals surface area contributed by atoms with Crippen molar-refractivity contribution < 1.29 is 9.53 Å². The van der Waals surface area contributed by atoms with E-state index in [1.807, 2.05) is 20.9 Å². The molecule has 1 saturated heterocycles. The van der Waals surface area contributed by atoms with E-state index in [-0.39, 0.29) is 17.9 Å². The van der Waals surface area contributed by atoms with Crippen molar-refractivity contribution in [2.45, 2.75) is 19.9 Å². The quantitative estimate of drug-likeness (QED) is 0.670. The van der Waals surface area contributed by atoms with Gasteiger partial charge in [-0.25, -0.2) is 0 Å². The number of nitrogens with one attached hydrogen (secondary N) is 1. The van der Waals surface area contributed by atoms with Gasteiger partial charge < -0.3 is 10.1 Å². The third-order valence-electron chi connectivity index (χ3n) is 2.39. The summed E-state index contributed by atoms with van der Waals surface area (Å²) in [6.07, 6.45) is 0. The molecule has 1 fully saturated rings. The van der Waals surface area contributed by atoms with Gasteiger partial charge in [0.05, 0.1) is 19.1 Å². The topological polar surface area (TPSA) is 38.3 Å². The van der Waals surface area contributed by atoms with Crippen LogP contribution in [0.4, 0.5) is 0 Å². The first-order chi connectivity index (χ1) is 5.66. The Hall–Kier alpha value is -0.410. The van der Waals surface area contributed by atoms with Crippen LogP contribution in [-0.2, 0) is 9.53 Å². The molecule has 0 amide bonds. The fourth-order valence-corrected chi connectivity index (χ4v) is 1.55. The maximum Gasteiger partial charge on any atom is 0.142 e. The van der Waals surface area contributed by atoms with Crippen LogP contribution in [0.25, 0.3) is 0 Å². The highest BCUT2D eigenvalue weighted by Gasteiger charge is 2.33. The number of likely N-dealkylation sites (N-methyl/N-ethyl adjacent to an activating group) is 1. The van der Waals surface area contributed by atoms with E-state index in [1.165, 1.54) is 0 Å². The normalized spacial score (nSPS) is 29.7. The number of carbonyl (C=O) groups excluding carboxylic acids is 1. The summed E-state index contributed by atoms with van der Waals surface area (Å²) in [6.45, 7) is 5.13. The summed E-state index contributed by atoms with van der Waals surface area (Å²) in [6, 6.07) is 0.222. The van der Waals surface area contributed by atoms with E-state index in [9.17, 15) is 4.79 Å². The van der Waals surface area contributed by atoms with Gasteiger partial charge in [0.15, 0.2) is 0 Å². The van der Waals surface area contributed by atoms with Gasteiger partial charge in [0, 0.05) is 12.0 Å². The van der Waals surface area contributed by atoms with E-state index in [2.05, 4.69) is 5.32 Å². The molecule has 1 rings (SSSR count). The minimum atomic E-state index is 0.0648. The Kier molecular flexibility index (Phi) is 3.23. The number of hydrogen-bond donors (Lipinski definition) is 1. The van der Waals surface area contributed by atoms with E-state index in [0.717, 1.165) is 0 Å². The first-order valence-corrected chi connectivity index (χ1v) is 4.45. The Morgan fingerprint density at radius 2 is 2.17 bits per heavy atom. The Bertz CT molecular complexity index is 168. The summed E-state index contributed by atoms with van der Waals surface area (Å²) in [7, 11) is 1.87. The van der Waals surface area contributed by atoms with Crippen LogP contribution < -0.4 is 5.32 Å². The highest BCUT2D eigenvalue weighted by molar-refractivity contribution is 5.83. The van der Waals surface area contributed by atoms with Gasteiger partial charge in [-0.2, -0.15) is 0 Å². The zero-order valence-electron chi connectivity index (χ0n) is 7.96. The Labute approximate surface area is 73.5 Å². The van der Waals surface area contributed by atoms with Crippen LogP contribution in [0.2, 0.25) is 0 Å². The molecule has 70 valence electrons. The largest absolute Gasteiger partial charge is 0.379 e. The second-order valence-corrected chi connectivity index (χ2v) is 3.60. The molecule has 3 nitrogen and oxygen atoms in total. The average Bonchev–Trinajstić information content (AvgIpc) is 2.49. The number of rotatable bonds is 3. The lowest BCUT2D eigenvalue weighted by Crippen LogP contribution is -2.38. The summed E-state index contributed by atoms with van der Waals surface area (Å²) in [4.78, 5) is 11.6. The molecule has 1 aliphatic rings. The third-order valence-corrected chi connectivity index (χ3v) is 2.39. The highest BCUT2D eigenvalue weighted by atomic mass is 16.5. The average molecular weight is 171 g/mol. The fraction of sp³-hybridized carbons (Fsp3) is 0.889. The second kappa shape index (κ2) is 4.01. The SMILES string of the molecule is CNC1COCC1C(=O)C(C)C. The number of Topliss-reactive ketones (excluding diaryl/α,β-unsaturated/α-hetero) is 1. The van der Waals surface area contributed by atoms with Crippen molar-refractivity contribution in [3.8, 4) is 0 Å². The van der Waals surface area contributed by atoms with Gasteiger partial charge >= 0.3 is 0 Å². The molecule has 0 spiro atoms. The lowest BCUT2D eigenvalue weighted by Gasteiger charge is -2.17. The summed E-state index contributed by atoms with van der Waals surface area (Å²) in [5.74, 6) is 0.495. The van der Waals surface area contributed by atoms with Crippen molar-refractivity contribution >= 4 is 5.78 Å². The summed E-state index contributed by atoms with van der Waals surface area (Å²) in [5.41, 5.74) is 0. The first-order valence-electron chi connectivity index (χ1n) is 4.45. The molecule has 2 atom stereocenters. The van der Waals surface area contributed by atoms with Gasteiger partial charge in [-0.05, 0) is 7.05 Å². The molecule has 1 N–H and O–H groups in total. The lowest BCUT2D eigenvalue weighted by atomic mass is 9.91. The van der Waals surface area contributed by atoms with E-state index < -0.39 is 0 Å². The minimum Gasteiger partial charge on any atom is -0.379 e. The standard InChI is InChI=1S/C9H17NO2/c1-6(2)9(11)7-4-12-5-8(7)10-3/h6-8,10H,4-5H2,1-3H3. The van der Waals surface area contributed by atoms with E-state index >= 15 is 0 Å². The molecule has 1 aliphatic heterocycles. The summed E-state index contributed by atoms with van der Waals surface area (Å²) in [5, 5.41) is 3.10.